The Labute approximate surface area is 110 Å². The minimum atomic E-state index is 1.27. The van der Waals surface area contributed by atoms with E-state index < -0.39 is 0 Å². The van der Waals surface area contributed by atoms with Crippen LogP contribution in [0, 0.1) is 0 Å². The third-order valence-electron chi connectivity index (χ3n) is 2.84. The maximum absolute atomic E-state index is 2.32. The van der Waals surface area contributed by atoms with E-state index in [4.69, 9.17) is 0 Å². The highest BCUT2D eigenvalue weighted by atomic mass is 32.2. The summed E-state index contributed by atoms with van der Waals surface area (Å²) in [5, 5.41) is 2.64. The van der Waals surface area contributed by atoms with E-state index in [-0.39, 0.29) is 0 Å². The fraction of sp³-hybridized carbons (Fsp3) is 0.200. The van der Waals surface area contributed by atoms with Gasteiger partial charge in [-0.25, -0.2) is 0 Å². The lowest BCUT2D eigenvalue weighted by Gasteiger charge is -2.12. The van der Waals surface area contributed by atoms with E-state index in [0.29, 0.717) is 0 Å². The molecular weight excluding hydrogens is 244 g/mol. The molecule has 1 saturated heterocycles. The topological polar surface area (TPSA) is 0 Å². The summed E-state index contributed by atoms with van der Waals surface area (Å²) in [6.07, 6.45) is 3.66. The van der Waals surface area contributed by atoms with Gasteiger partial charge in [-0.05, 0) is 46.4 Å². The van der Waals surface area contributed by atoms with Crippen molar-refractivity contribution >= 4 is 40.4 Å². The minimum absolute atomic E-state index is 1.27. The predicted octanol–water partition coefficient (Wildman–Crippen LogP) is 5.01. The maximum Gasteiger partial charge on any atom is 0.0406 e. The number of benzene rings is 2. The average Bonchev–Trinajstić information content (AvgIpc) is 2.40. The van der Waals surface area contributed by atoms with Crippen molar-refractivity contribution in [1.29, 1.82) is 0 Å². The number of hydrogen-bond acceptors (Lipinski definition) is 2. The molecule has 2 heteroatoms. The Hall–Kier alpha value is -0.860. The molecule has 17 heavy (non-hydrogen) atoms. The molecule has 1 aliphatic heterocycles. The van der Waals surface area contributed by atoms with Crippen molar-refractivity contribution in [3.63, 3.8) is 0 Å². The van der Waals surface area contributed by atoms with Crippen LogP contribution in [0.4, 0.5) is 0 Å². The van der Waals surface area contributed by atoms with Crippen LogP contribution in [0.1, 0.15) is 12.0 Å². The molecule has 0 radical (unpaired) electrons. The molecule has 1 heterocycles. The van der Waals surface area contributed by atoms with E-state index in [2.05, 4.69) is 48.5 Å². The van der Waals surface area contributed by atoms with Crippen molar-refractivity contribution < 1.29 is 0 Å². The summed E-state index contributed by atoms with van der Waals surface area (Å²) in [6, 6.07) is 15.2. The summed E-state index contributed by atoms with van der Waals surface area (Å²) in [5.41, 5.74) is 1.32. The Morgan fingerprint density at radius 3 is 2.47 bits per heavy atom. The highest BCUT2D eigenvalue weighted by Crippen LogP contribution is 2.36. The number of fused-ring (bicyclic) bond motifs is 1. The first kappa shape index (κ1) is 11.2. The van der Waals surface area contributed by atoms with Crippen molar-refractivity contribution in [1.82, 2.24) is 0 Å². The summed E-state index contributed by atoms with van der Waals surface area (Å²) in [4.78, 5) is 0. The first-order chi connectivity index (χ1) is 8.42. The Kier molecular flexibility index (Phi) is 3.44. The van der Waals surface area contributed by atoms with E-state index in [9.17, 15) is 0 Å². The normalized spacial score (nSPS) is 16.1. The molecule has 0 aliphatic carbocycles. The van der Waals surface area contributed by atoms with Crippen molar-refractivity contribution in [2.24, 2.45) is 0 Å². The van der Waals surface area contributed by atoms with Gasteiger partial charge in [0.05, 0.1) is 0 Å². The van der Waals surface area contributed by atoms with Gasteiger partial charge in [0.1, 0.15) is 0 Å². The quantitative estimate of drug-likeness (QED) is 0.705. The van der Waals surface area contributed by atoms with Crippen LogP contribution in [-0.4, -0.2) is 11.5 Å². The first-order valence-electron chi connectivity index (χ1n) is 5.88. The summed E-state index contributed by atoms with van der Waals surface area (Å²) in [6.45, 7) is 0. The summed E-state index contributed by atoms with van der Waals surface area (Å²) in [5.74, 6) is 2.54. The average molecular weight is 258 g/mol. The third kappa shape index (κ3) is 2.70. The molecule has 1 fully saturated rings. The molecule has 0 aromatic heterocycles. The predicted molar refractivity (Wildman–Crippen MR) is 81.5 cm³/mol. The van der Waals surface area contributed by atoms with Crippen LogP contribution in [0.25, 0.3) is 16.8 Å². The fourth-order valence-electron chi connectivity index (χ4n) is 1.96. The van der Waals surface area contributed by atoms with Crippen molar-refractivity contribution in [2.45, 2.75) is 6.42 Å². The second kappa shape index (κ2) is 5.19. The van der Waals surface area contributed by atoms with Gasteiger partial charge in [-0.1, -0.05) is 36.4 Å². The highest BCUT2D eigenvalue weighted by Gasteiger charge is 2.06. The van der Waals surface area contributed by atoms with Crippen molar-refractivity contribution in [2.75, 3.05) is 11.5 Å². The van der Waals surface area contributed by atoms with Crippen LogP contribution in [0.3, 0.4) is 0 Å². The Balaban J connectivity index is 1.95. The Morgan fingerprint density at radius 2 is 1.65 bits per heavy atom. The van der Waals surface area contributed by atoms with E-state index in [1.165, 1.54) is 38.5 Å². The van der Waals surface area contributed by atoms with Gasteiger partial charge in [0, 0.05) is 4.24 Å². The number of rotatable bonds is 1. The van der Waals surface area contributed by atoms with Gasteiger partial charge in [-0.15, -0.1) is 23.5 Å². The standard InChI is InChI=1S/C15H14S2/c1-2-5-14-10-12(6-7-13(14)4-1)11-15-16-8-3-9-17-15/h1-2,4-7,10-11H,3,8-9H2. The third-order valence-corrected chi connectivity index (χ3v) is 5.33. The molecule has 0 amide bonds. The van der Waals surface area contributed by atoms with Gasteiger partial charge in [-0.3, -0.25) is 0 Å². The summed E-state index contributed by atoms with van der Waals surface area (Å²) >= 11 is 3.98. The second-order valence-corrected chi connectivity index (χ2v) is 6.65. The zero-order valence-electron chi connectivity index (χ0n) is 9.56. The minimum Gasteiger partial charge on any atom is -0.119 e. The Morgan fingerprint density at radius 1 is 0.882 bits per heavy atom. The molecule has 3 rings (SSSR count). The molecule has 0 nitrogen and oxygen atoms in total. The summed E-state index contributed by atoms with van der Waals surface area (Å²) < 4.78 is 1.46. The maximum atomic E-state index is 2.32. The first-order valence-corrected chi connectivity index (χ1v) is 7.85. The lowest BCUT2D eigenvalue weighted by atomic mass is 10.1. The van der Waals surface area contributed by atoms with E-state index in [0.717, 1.165) is 0 Å². The molecule has 0 saturated carbocycles. The smallest absolute Gasteiger partial charge is 0.0406 e. The molecule has 2 aromatic rings. The molecule has 86 valence electrons. The van der Waals surface area contributed by atoms with E-state index >= 15 is 0 Å². The lowest BCUT2D eigenvalue weighted by molar-refractivity contribution is 1.12. The molecule has 0 atom stereocenters. The van der Waals surface area contributed by atoms with Crippen molar-refractivity contribution in [3.05, 3.63) is 52.3 Å². The molecule has 0 N–H and O–H groups in total. The van der Waals surface area contributed by atoms with E-state index in [1.807, 2.05) is 23.5 Å². The van der Waals surface area contributed by atoms with Gasteiger partial charge in [0.25, 0.3) is 0 Å². The van der Waals surface area contributed by atoms with Gasteiger partial charge >= 0.3 is 0 Å². The molecule has 2 aromatic carbocycles. The van der Waals surface area contributed by atoms with Gasteiger partial charge in [0.15, 0.2) is 0 Å². The van der Waals surface area contributed by atoms with Crippen LogP contribution in [0.5, 0.6) is 0 Å². The van der Waals surface area contributed by atoms with E-state index in [1.54, 1.807) is 0 Å². The highest BCUT2D eigenvalue weighted by molar-refractivity contribution is 8.23. The molecular formula is C15H14S2. The zero-order chi connectivity index (χ0) is 11.5. The van der Waals surface area contributed by atoms with Crippen LogP contribution in [0.2, 0.25) is 0 Å². The van der Waals surface area contributed by atoms with Crippen molar-refractivity contribution in [3.8, 4) is 0 Å². The Bertz CT molecular complexity index is 550. The zero-order valence-corrected chi connectivity index (χ0v) is 11.2. The van der Waals surface area contributed by atoms with Gasteiger partial charge in [0.2, 0.25) is 0 Å². The SMILES string of the molecule is C(=C1SCCCS1)c1ccc2ccccc2c1. The lowest BCUT2D eigenvalue weighted by Crippen LogP contribution is -1.91. The molecule has 0 spiro atoms. The van der Waals surface area contributed by atoms with Crippen LogP contribution < -0.4 is 0 Å². The molecule has 0 unspecified atom stereocenters. The molecule has 0 bridgehead atoms. The van der Waals surface area contributed by atoms with Crippen LogP contribution in [0.15, 0.2) is 46.7 Å². The number of thioether (sulfide) groups is 2. The second-order valence-electron chi connectivity index (χ2n) is 4.12. The fourth-order valence-corrected chi connectivity index (χ4v) is 4.40. The molecule has 1 aliphatic rings. The number of hydrogen-bond donors (Lipinski definition) is 0. The van der Waals surface area contributed by atoms with Crippen LogP contribution in [-0.2, 0) is 0 Å². The summed E-state index contributed by atoms with van der Waals surface area (Å²) in [7, 11) is 0. The van der Waals surface area contributed by atoms with Gasteiger partial charge in [-0.2, -0.15) is 0 Å². The van der Waals surface area contributed by atoms with Crippen LogP contribution >= 0.6 is 23.5 Å². The monoisotopic (exact) mass is 258 g/mol. The van der Waals surface area contributed by atoms with Gasteiger partial charge < -0.3 is 0 Å². The largest absolute Gasteiger partial charge is 0.119 e.